The van der Waals surface area contributed by atoms with E-state index in [0.717, 1.165) is 17.9 Å². The molecule has 64 valence electrons. The van der Waals surface area contributed by atoms with E-state index in [1.165, 1.54) is 25.7 Å². The fraction of sp³-hybridized carbons (Fsp3) is 0.636. The molecule has 2 aliphatic carbocycles. The Morgan fingerprint density at radius 3 is 2.42 bits per heavy atom. The summed E-state index contributed by atoms with van der Waals surface area (Å²) in [7, 11) is 0. The van der Waals surface area contributed by atoms with Crippen molar-refractivity contribution >= 4 is 0 Å². The molecule has 0 spiro atoms. The standard InChI is InChI=1S/C11H15N/c1-2-6-12(5-1)11-8-9-3-4-10(11)7-9/h1-2,5-6,9-11H,3-4,7-8H2. The van der Waals surface area contributed by atoms with Crippen LogP contribution in [0.25, 0.3) is 0 Å². The minimum absolute atomic E-state index is 0.846. The molecule has 2 aliphatic rings. The maximum Gasteiger partial charge on any atom is 0.0361 e. The van der Waals surface area contributed by atoms with Crippen LogP contribution in [-0.2, 0) is 0 Å². The Hall–Kier alpha value is -0.720. The average Bonchev–Trinajstić information content (AvgIpc) is 2.81. The normalized spacial score (nSPS) is 39.2. The summed E-state index contributed by atoms with van der Waals surface area (Å²) in [6.07, 6.45) is 10.4. The maximum atomic E-state index is 2.42. The molecule has 0 radical (unpaired) electrons. The summed E-state index contributed by atoms with van der Waals surface area (Å²) in [6.45, 7) is 0. The number of rotatable bonds is 1. The first-order valence-corrected chi connectivity index (χ1v) is 5.06. The van der Waals surface area contributed by atoms with Crippen molar-refractivity contribution in [2.45, 2.75) is 31.7 Å². The first kappa shape index (κ1) is 6.76. The molecule has 1 aromatic rings. The van der Waals surface area contributed by atoms with E-state index in [0.29, 0.717) is 0 Å². The van der Waals surface area contributed by atoms with Crippen molar-refractivity contribution in [1.29, 1.82) is 0 Å². The number of hydrogen-bond acceptors (Lipinski definition) is 0. The summed E-state index contributed by atoms with van der Waals surface area (Å²) in [5, 5.41) is 0. The number of hydrogen-bond donors (Lipinski definition) is 0. The highest BCUT2D eigenvalue weighted by Crippen LogP contribution is 2.50. The third kappa shape index (κ3) is 0.855. The summed E-state index contributed by atoms with van der Waals surface area (Å²) in [6, 6.07) is 5.14. The Bertz CT molecular complexity index is 263. The molecule has 3 rings (SSSR count). The molecule has 1 heteroatoms. The monoisotopic (exact) mass is 161 g/mol. The van der Waals surface area contributed by atoms with Crippen LogP contribution in [0.2, 0.25) is 0 Å². The van der Waals surface area contributed by atoms with E-state index in [1.54, 1.807) is 0 Å². The molecule has 2 fully saturated rings. The Morgan fingerprint density at radius 2 is 1.83 bits per heavy atom. The van der Waals surface area contributed by atoms with Crippen LogP contribution >= 0.6 is 0 Å². The van der Waals surface area contributed by atoms with Gasteiger partial charge in [-0.1, -0.05) is 6.42 Å². The molecule has 1 nitrogen and oxygen atoms in total. The van der Waals surface area contributed by atoms with E-state index in [1.807, 2.05) is 0 Å². The van der Waals surface area contributed by atoms with Gasteiger partial charge in [-0.3, -0.25) is 0 Å². The average molecular weight is 161 g/mol. The van der Waals surface area contributed by atoms with Gasteiger partial charge in [-0.05, 0) is 43.2 Å². The lowest BCUT2D eigenvalue weighted by molar-refractivity contribution is 0.330. The second-order valence-corrected chi connectivity index (χ2v) is 4.37. The third-order valence-corrected chi connectivity index (χ3v) is 3.71. The molecule has 3 atom stereocenters. The van der Waals surface area contributed by atoms with Crippen molar-refractivity contribution in [1.82, 2.24) is 4.57 Å². The van der Waals surface area contributed by atoms with Crippen molar-refractivity contribution in [3.05, 3.63) is 24.5 Å². The van der Waals surface area contributed by atoms with Crippen LogP contribution in [0, 0.1) is 11.8 Å². The lowest BCUT2D eigenvalue weighted by atomic mass is 9.95. The molecule has 3 unspecified atom stereocenters. The van der Waals surface area contributed by atoms with E-state index in [9.17, 15) is 0 Å². The molecule has 0 aromatic carbocycles. The van der Waals surface area contributed by atoms with Crippen molar-refractivity contribution in [3.8, 4) is 0 Å². The van der Waals surface area contributed by atoms with Crippen LogP contribution in [0.5, 0.6) is 0 Å². The van der Waals surface area contributed by atoms with Gasteiger partial charge in [0.25, 0.3) is 0 Å². The third-order valence-electron chi connectivity index (χ3n) is 3.71. The molecule has 0 saturated heterocycles. The van der Waals surface area contributed by atoms with Gasteiger partial charge in [-0.2, -0.15) is 0 Å². The van der Waals surface area contributed by atoms with Crippen LogP contribution in [0.15, 0.2) is 24.5 Å². The predicted molar refractivity (Wildman–Crippen MR) is 48.9 cm³/mol. The van der Waals surface area contributed by atoms with Crippen LogP contribution in [0.1, 0.15) is 31.7 Å². The highest BCUT2D eigenvalue weighted by Gasteiger charge is 2.39. The zero-order valence-corrected chi connectivity index (χ0v) is 7.32. The molecule has 2 bridgehead atoms. The van der Waals surface area contributed by atoms with Crippen LogP contribution in [0.4, 0.5) is 0 Å². The van der Waals surface area contributed by atoms with Gasteiger partial charge < -0.3 is 4.57 Å². The van der Waals surface area contributed by atoms with E-state index in [4.69, 9.17) is 0 Å². The number of fused-ring (bicyclic) bond motifs is 2. The molecule has 0 aliphatic heterocycles. The zero-order valence-electron chi connectivity index (χ0n) is 7.32. The van der Waals surface area contributed by atoms with E-state index < -0.39 is 0 Å². The molecule has 1 aromatic heterocycles. The van der Waals surface area contributed by atoms with Gasteiger partial charge in [0.1, 0.15) is 0 Å². The van der Waals surface area contributed by atoms with Crippen molar-refractivity contribution in [2.75, 3.05) is 0 Å². The van der Waals surface area contributed by atoms with Crippen LogP contribution in [-0.4, -0.2) is 4.57 Å². The first-order chi connectivity index (χ1) is 5.93. The van der Waals surface area contributed by atoms with Gasteiger partial charge in [0.05, 0.1) is 0 Å². The summed E-state index contributed by atoms with van der Waals surface area (Å²) in [4.78, 5) is 0. The van der Waals surface area contributed by atoms with Gasteiger partial charge in [0, 0.05) is 18.4 Å². The van der Waals surface area contributed by atoms with Gasteiger partial charge in [0.15, 0.2) is 0 Å². The zero-order chi connectivity index (χ0) is 7.97. The Kier molecular flexibility index (Phi) is 1.34. The van der Waals surface area contributed by atoms with Gasteiger partial charge in [-0.15, -0.1) is 0 Å². The second kappa shape index (κ2) is 2.38. The lowest BCUT2D eigenvalue weighted by Crippen LogP contribution is -2.14. The SMILES string of the molecule is c1ccn(C2CC3CCC2C3)c1. The fourth-order valence-corrected chi connectivity index (χ4v) is 3.15. The van der Waals surface area contributed by atoms with Gasteiger partial charge >= 0.3 is 0 Å². The maximum absolute atomic E-state index is 2.42. The predicted octanol–water partition coefficient (Wildman–Crippen LogP) is 2.85. The van der Waals surface area contributed by atoms with E-state index in [-0.39, 0.29) is 0 Å². The van der Waals surface area contributed by atoms with E-state index >= 15 is 0 Å². The molecular formula is C11H15N. The molecule has 12 heavy (non-hydrogen) atoms. The topological polar surface area (TPSA) is 4.93 Å². The van der Waals surface area contributed by atoms with Crippen LogP contribution in [0.3, 0.4) is 0 Å². The Labute approximate surface area is 73.4 Å². The first-order valence-electron chi connectivity index (χ1n) is 5.06. The largest absolute Gasteiger partial charge is 0.351 e. The second-order valence-electron chi connectivity index (χ2n) is 4.37. The lowest BCUT2D eigenvalue weighted by Gasteiger charge is -2.23. The summed E-state index contributed by atoms with van der Waals surface area (Å²) < 4.78 is 2.42. The molecular weight excluding hydrogens is 146 g/mol. The van der Waals surface area contributed by atoms with Crippen molar-refractivity contribution in [3.63, 3.8) is 0 Å². The smallest absolute Gasteiger partial charge is 0.0361 e. The highest BCUT2D eigenvalue weighted by molar-refractivity contribution is 5.00. The van der Waals surface area contributed by atoms with Crippen LogP contribution < -0.4 is 0 Å². The highest BCUT2D eigenvalue weighted by atomic mass is 15.0. The minimum Gasteiger partial charge on any atom is -0.351 e. The fourth-order valence-electron chi connectivity index (χ4n) is 3.15. The minimum atomic E-state index is 0.846. The molecule has 2 saturated carbocycles. The molecule has 1 heterocycles. The van der Waals surface area contributed by atoms with Gasteiger partial charge in [-0.25, -0.2) is 0 Å². The number of aromatic nitrogens is 1. The Morgan fingerprint density at radius 1 is 1.00 bits per heavy atom. The molecule has 0 N–H and O–H groups in total. The summed E-state index contributed by atoms with van der Waals surface area (Å²) >= 11 is 0. The molecule has 0 amide bonds. The summed E-state index contributed by atoms with van der Waals surface area (Å²) in [5.74, 6) is 2.06. The van der Waals surface area contributed by atoms with E-state index in [2.05, 4.69) is 29.1 Å². The van der Waals surface area contributed by atoms with Gasteiger partial charge in [0.2, 0.25) is 0 Å². The quantitative estimate of drug-likeness (QED) is 0.597. The summed E-state index contributed by atoms with van der Waals surface area (Å²) in [5.41, 5.74) is 0. The van der Waals surface area contributed by atoms with Crippen molar-refractivity contribution in [2.24, 2.45) is 11.8 Å². The van der Waals surface area contributed by atoms with Crippen molar-refractivity contribution < 1.29 is 0 Å². The number of nitrogens with zero attached hydrogens (tertiary/aromatic N) is 1. The Balaban J connectivity index is 1.87.